The minimum atomic E-state index is 0.443. The smallest absolute Gasteiger partial charge is 0.0625 e. The number of hydrogen-bond acceptors (Lipinski definition) is 2. The lowest BCUT2D eigenvalue weighted by Crippen LogP contribution is -2.28. The minimum Gasteiger partial charge on any atom is -0.328 e. The van der Waals surface area contributed by atoms with Gasteiger partial charge in [0, 0.05) is 18.3 Å². The first-order valence-corrected chi connectivity index (χ1v) is 6.34. The molecular weight excluding hydrogens is 198 g/mol. The molecule has 1 aromatic heterocycles. The zero-order valence-corrected chi connectivity index (χ0v) is 10.7. The molecule has 0 spiro atoms. The second kappa shape index (κ2) is 4.58. The van der Waals surface area contributed by atoms with E-state index in [0.29, 0.717) is 6.04 Å². The van der Waals surface area contributed by atoms with Gasteiger partial charge in [-0.05, 0) is 57.9 Å². The molecule has 2 N–H and O–H groups in total. The van der Waals surface area contributed by atoms with Gasteiger partial charge in [-0.2, -0.15) is 5.10 Å². The predicted octanol–water partition coefficient (Wildman–Crippen LogP) is 2.33. The third-order valence-electron chi connectivity index (χ3n) is 4.07. The van der Waals surface area contributed by atoms with Gasteiger partial charge in [-0.3, -0.25) is 4.68 Å². The van der Waals surface area contributed by atoms with E-state index < -0.39 is 0 Å². The fourth-order valence-electron chi connectivity index (χ4n) is 2.58. The van der Waals surface area contributed by atoms with Crippen molar-refractivity contribution in [3.63, 3.8) is 0 Å². The van der Waals surface area contributed by atoms with E-state index in [-0.39, 0.29) is 0 Å². The van der Waals surface area contributed by atoms with Crippen LogP contribution in [0, 0.1) is 26.7 Å². The monoisotopic (exact) mass is 221 g/mol. The average Bonchev–Trinajstić information content (AvgIpc) is 2.50. The first-order chi connectivity index (χ1) is 7.58. The Morgan fingerprint density at radius 1 is 1.19 bits per heavy atom. The Hall–Kier alpha value is -0.830. The second-order valence-electron chi connectivity index (χ2n) is 5.26. The van der Waals surface area contributed by atoms with Gasteiger partial charge in [-0.25, -0.2) is 0 Å². The summed E-state index contributed by atoms with van der Waals surface area (Å²) in [6.45, 7) is 7.50. The molecule has 0 saturated heterocycles. The van der Waals surface area contributed by atoms with E-state index in [9.17, 15) is 0 Å². The molecule has 0 bridgehead atoms. The van der Waals surface area contributed by atoms with Crippen LogP contribution in [0.15, 0.2) is 0 Å². The molecule has 1 heterocycles. The zero-order valence-electron chi connectivity index (χ0n) is 10.7. The maximum Gasteiger partial charge on any atom is 0.0625 e. The van der Waals surface area contributed by atoms with E-state index in [0.717, 1.165) is 12.5 Å². The Balaban J connectivity index is 2.01. The Morgan fingerprint density at radius 2 is 1.81 bits per heavy atom. The van der Waals surface area contributed by atoms with Crippen molar-refractivity contribution in [3.8, 4) is 0 Å². The minimum absolute atomic E-state index is 0.443. The van der Waals surface area contributed by atoms with E-state index in [1.165, 1.54) is 42.6 Å². The lowest BCUT2D eigenvalue weighted by atomic mass is 9.86. The summed E-state index contributed by atoms with van der Waals surface area (Å²) in [7, 11) is 0. The number of nitrogens with two attached hydrogens (primary N) is 1. The fourth-order valence-corrected chi connectivity index (χ4v) is 2.58. The molecule has 3 nitrogen and oxygen atoms in total. The van der Waals surface area contributed by atoms with Crippen LogP contribution in [0.3, 0.4) is 0 Å². The molecule has 1 fully saturated rings. The summed E-state index contributed by atoms with van der Waals surface area (Å²) < 4.78 is 2.19. The second-order valence-corrected chi connectivity index (χ2v) is 5.26. The normalized spacial score (nSPS) is 26.0. The highest BCUT2D eigenvalue weighted by Gasteiger charge is 2.20. The highest BCUT2D eigenvalue weighted by molar-refractivity contribution is 5.22. The molecule has 1 saturated carbocycles. The van der Waals surface area contributed by atoms with Gasteiger partial charge in [0.1, 0.15) is 0 Å². The molecule has 90 valence electrons. The van der Waals surface area contributed by atoms with Gasteiger partial charge < -0.3 is 5.73 Å². The fraction of sp³-hybridized carbons (Fsp3) is 0.769. The third-order valence-corrected chi connectivity index (χ3v) is 4.07. The summed E-state index contributed by atoms with van der Waals surface area (Å²) in [6.07, 6.45) is 4.89. The van der Waals surface area contributed by atoms with Crippen molar-refractivity contribution in [1.82, 2.24) is 9.78 Å². The summed E-state index contributed by atoms with van der Waals surface area (Å²) in [4.78, 5) is 0. The van der Waals surface area contributed by atoms with Crippen molar-refractivity contribution in [2.75, 3.05) is 0 Å². The third kappa shape index (κ3) is 2.29. The molecule has 0 atom stereocenters. The van der Waals surface area contributed by atoms with E-state index in [1.54, 1.807) is 0 Å². The maximum absolute atomic E-state index is 5.93. The van der Waals surface area contributed by atoms with Crippen molar-refractivity contribution < 1.29 is 0 Å². The van der Waals surface area contributed by atoms with E-state index in [2.05, 4.69) is 30.6 Å². The Morgan fingerprint density at radius 3 is 2.31 bits per heavy atom. The molecule has 0 unspecified atom stereocenters. The number of aryl methyl sites for hydroxylation is 1. The first-order valence-electron chi connectivity index (χ1n) is 6.34. The van der Waals surface area contributed by atoms with Gasteiger partial charge in [0.25, 0.3) is 0 Å². The first kappa shape index (κ1) is 11.6. The summed E-state index contributed by atoms with van der Waals surface area (Å²) in [5, 5.41) is 4.61. The molecule has 3 heteroatoms. The quantitative estimate of drug-likeness (QED) is 0.833. The largest absolute Gasteiger partial charge is 0.328 e. The highest BCUT2D eigenvalue weighted by atomic mass is 15.3. The standard InChI is InChI=1S/C13H23N3/c1-9-10(2)15-16(11(9)3)8-12-4-6-13(14)7-5-12/h12-13H,4-8,14H2,1-3H3. The molecule has 0 aromatic carbocycles. The van der Waals surface area contributed by atoms with E-state index in [4.69, 9.17) is 5.73 Å². The molecule has 1 aliphatic rings. The van der Waals surface area contributed by atoms with Gasteiger partial charge >= 0.3 is 0 Å². The van der Waals surface area contributed by atoms with Crippen molar-refractivity contribution in [3.05, 3.63) is 17.0 Å². The summed E-state index contributed by atoms with van der Waals surface area (Å²) >= 11 is 0. The van der Waals surface area contributed by atoms with Gasteiger partial charge in [0.05, 0.1) is 5.69 Å². The highest BCUT2D eigenvalue weighted by Crippen LogP contribution is 2.25. The van der Waals surface area contributed by atoms with Crippen LogP contribution in [-0.2, 0) is 6.54 Å². The SMILES string of the molecule is Cc1nn(CC2CCC(N)CC2)c(C)c1C. The van der Waals surface area contributed by atoms with Crippen LogP contribution in [0.5, 0.6) is 0 Å². The predicted molar refractivity (Wildman–Crippen MR) is 66.4 cm³/mol. The van der Waals surface area contributed by atoms with Crippen molar-refractivity contribution in [1.29, 1.82) is 0 Å². The van der Waals surface area contributed by atoms with Crippen LogP contribution in [-0.4, -0.2) is 15.8 Å². The van der Waals surface area contributed by atoms with Crippen LogP contribution in [0.1, 0.15) is 42.6 Å². The van der Waals surface area contributed by atoms with Crippen LogP contribution in [0.2, 0.25) is 0 Å². The Labute approximate surface area is 98.0 Å². The maximum atomic E-state index is 5.93. The van der Waals surface area contributed by atoms with Crippen LogP contribution in [0.25, 0.3) is 0 Å². The van der Waals surface area contributed by atoms with Crippen molar-refractivity contribution >= 4 is 0 Å². The van der Waals surface area contributed by atoms with Crippen LogP contribution in [0.4, 0.5) is 0 Å². The summed E-state index contributed by atoms with van der Waals surface area (Å²) in [5.74, 6) is 0.775. The molecule has 1 aromatic rings. The number of nitrogens with zero attached hydrogens (tertiary/aromatic N) is 2. The molecule has 2 rings (SSSR count). The van der Waals surface area contributed by atoms with Crippen molar-refractivity contribution in [2.24, 2.45) is 11.7 Å². The summed E-state index contributed by atoms with van der Waals surface area (Å²) in [6, 6.07) is 0.443. The van der Waals surface area contributed by atoms with Crippen LogP contribution < -0.4 is 5.73 Å². The number of hydrogen-bond donors (Lipinski definition) is 1. The molecule has 1 aliphatic carbocycles. The van der Waals surface area contributed by atoms with Gasteiger partial charge in [0.15, 0.2) is 0 Å². The molecular formula is C13H23N3. The van der Waals surface area contributed by atoms with Crippen molar-refractivity contribution in [2.45, 2.75) is 59.0 Å². The Kier molecular flexibility index (Phi) is 3.33. The molecule has 0 radical (unpaired) electrons. The van der Waals surface area contributed by atoms with Gasteiger partial charge in [0.2, 0.25) is 0 Å². The lowest BCUT2D eigenvalue weighted by molar-refractivity contribution is 0.283. The lowest BCUT2D eigenvalue weighted by Gasteiger charge is -2.26. The van der Waals surface area contributed by atoms with E-state index >= 15 is 0 Å². The molecule has 0 amide bonds. The molecule has 0 aliphatic heterocycles. The number of rotatable bonds is 2. The zero-order chi connectivity index (χ0) is 11.7. The average molecular weight is 221 g/mol. The number of aromatic nitrogens is 2. The topological polar surface area (TPSA) is 43.8 Å². The Bertz CT molecular complexity index is 359. The van der Waals surface area contributed by atoms with Gasteiger partial charge in [-0.15, -0.1) is 0 Å². The molecule has 16 heavy (non-hydrogen) atoms. The van der Waals surface area contributed by atoms with Crippen LogP contribution >= 0.6 is 0 Å². The summed E-state index contributed by atoms with van der Waals surface area (Å²) in [5.41, 5.74) is 9.76. The van der Waals surface area contributed by atoms with Gasteiger partial charge in [-0.1, -0.05) is 0 Å². The van der Waals surface area contributed by atoms with E-state index in [1.807, 2.05) is 0 Å².